The summed E-state index contributed by atoms with van der Waals surface area (Å²) in [6.45, 7) is 5.79. The molecular weight excluding hydrogens is 228 g/mol. The highest BCUT2D eigenvalue weighted by molar-refractivity contribution is 7.84. The quantitative estimate of drug-likeness (QED) is 0.771. The Morgan fingerprint density at radius 2 is 2.40 bits per heavy atom. The monoisotopic (exact) mass is 246 g/mol. The van der Waals surface area contributed by atoms with Gasteiger partial charge in [0.25, 0.3) is 0 Å². The first-order valence-electron chi connectivity index (χ1n) is 5.03. The standard InChI is InChI=1S/C10H18N2OS2/c1-8(15(3)13)6-11-5-4-10-9(2)12-7-14-10/h7-8,11H,4-6H2,1-3H3. The summed E-state index contributed by atoms with van der Waals surface area (Å²) < 4.78 is 11.1. The Bertz CT molecular complexity index is 325. The van der Waals surface area contributed by atoms with Crippen molar-refractivity contribution in [2.24, 2.45) is 0 Å². The van der Waals surface area contributed by atoms with Crippen molar-refractivity contribution in [2.75, 3.05) is 19.3 Å². The Morgan fingerprint density at radius 3 is 2.93 bits per heavy atom. The maximum atomic E-state index is 11.1. The van der Waals surface area contributed by atoms with Crippen LogP contribution in [0.3, 0.4) is 0 Å². The largest absolute Gasteiger partial charge is 0.315 e. The van der Waals surface area contributed by atoms with Crippen molar-refractivity contribution in [2.45, 2.75) is 25.5 Å². The lowest BCUT2D eigenvalue weighted by Gasteiger charge is -2.09. The van der Waals surface area contributed by atoms with E-state index in [0.29, 0.717) is 0 Å². The molecule has 1 N–H and O–H groups in total. The molecule has 1 aromatic heterocycles. The number of rotatable bonds is 6. The molecule has 1 rings (SSSR count). The average Bonchev–Trinajstić information content (AvgIpc) is 2.58. The molecule has 0 saturated carbocycles. The van der Waals surface area contributed by atoms with Gasteiger partial charge in [-0.1, -0.05) is 0 Å². The van der Waals surface area contributed by atoms with Crippen LogP contribution in [-0.2, 0) is 17.2 Å². The fraction of sp³-hybridized carbons (Fsp3) is 0.700. The van der Waals surface area contributed by atoms with Crippen molar-refractivity contribution in [3.05, 3.63) is 16.1 Å². The van der Waals surface area contributed by atoms with Gasteiger partial charge in [-0.2, -0.15) is 0 Å². The van der Waals surface area contributed by atoms with Crippen molar-refractivity contribution >= 4 is 22.1 Å². The summed E-state index contributed by atoms with van der Waals surface area (Å²) >= 11 is 1.70. The van der Waals surface area contributed by atoms with Crippen LogP contribution in [0.4, 0.5) is 0 Å². The third-order valence-electron chi connectivity index (χ3n) is 2.37. The van der Waals surface area contributed by atoms with Crippen LogP contribution < -0.4 is 5.32 Å². The van der Waals surface area contributed by atoms with E-state index in [-0.39, 0.29) is 5.25 Å². The van der Waals surface area contributed by atoms with E-state index in [9.17, 15) is 4.21 Å². The number of thiazole rings is 1. The summed E-state index contributed by atoms with van der Waals surface area (Å²) in [5.74, 6) is 0. The number of nitrogens with one attached hydrogen (secondary N) is 1. The molecular formula is C10H18N2OS2. The molecule has 0 aliphatic carbocycles. The van der Waals surface area contributed by atoms with Crippen LogP contribution >= 0.6 is 11.3 Å². The van der Waals surface area contributed by atoms with Crippen LogP contribution in [0.2, 0.25) is 0 Å². The third-order valence-corrected chi connectivity index (χ3v) is 4.67. The van der Waals surface area contributed by atoms with Gasteiger partial charge in [-0.05, 0) is 20.3 Å². The van der Waals surface area contributed by atoms with Gasteiger partial charge in [-0.15, -0.1) is 11.3 Å². The van der Waals surface area contributed by atoms with Gasteiger partial charge >= 0.3 is 0 Å². The Hall–Kier alpha value is -0.260. The molecule has 1 aromatic rings. The number of hydrogen-bond donors (Lipinski definition) is 1. The fourth-order valence-corrected chi connectivity index (χ4v) is 2.32. The molecule has 0 saturated heterocycles. The van der Waals surface area contributed by atoms with E-state index in [1.54, 1.807) is 17.6 Å². The fourth-order valence-electron chi connectivity index (χ4n) is 1.19. The maximum absolute atomic E-state index is 11.1. The maximum Gasteiger partial charge on any atom is 0.0797 e. The highest BCUT2D eigenvalue weighted by Crippen LogP contribution is 2.11. The van der Waals surface area contributed by atoms with Crippen molar-refractivity contribution in [3.8, 4) is 0 Å². The minimum absolute atomic E-state index is 0.229. The Kier molecular flexibility index (Phi) is 5.42. The second-order valence-electron chi connectivity index (χ2n) is 3.62. The molecule has 2 atom stereocenters. The van der Waals surface area contributed by atoms with Crippen molar-refractivity contribution in [1.29, 1.82) is 0 Å². The summed E-state index contributed by atoms with van der Waals surface area (Å²) in [6, 6.07) is 0. The lowest BCUT2D eigenvalue weighted by Crippen LogP contribution is -2.29. The van der Waals surface area contributed by atoms with Crippen molar-refractivity contribution < 1.29 is 4.21 Å². The summed E-state index contributed by atoms with van der Waals surface area (Å²) in [6.07, 6.45) is 2.76. The summed E-state index contributed by atoms with van der Waals surface area (Å²) in [5.41, 5.74) is 3.02. The third kappa shape index (κ3) is 4.40. The zero-order valence-corrected chi connectivity index (χ0v) is 11.1. The van der Waals surface area contributed by atoms with Gasteiger partial charge in [0.2, 0.25) is 0 Å². The second kappa shape index (κ2) is 6.35. The molecule has 0 aliphatic heterocycles. The Balaban J connectivity index is 2.17. The highest BCUT2D eigenvalue weighted by atomic mass is 32.2. The molecule has 0 spiro atoms. The topological polar surface area (TPSA) is 42.0 Å². The van der Waals surface area contributed by atoms with E-state index < -0.39 is 10.8 Å². The Morgan fingerprint density at radius 1 is 1.67 bits per heavy atom. The molecule has 5 heteroatoms. The minimum Gasteiger partial charge on any atom is -0.315 e. The molecule has 0 fully saturated rings. The molecule has 15 heavy (non-hydrogen) atoms. The molecule has 86 valence electrons. The highest BCUT2D eigenvalue weighted by Gasteiger charge is 2.05. The van der Waals surface area contributed by atoms with Gasteiger partial charge in [0, 0.05) is 40.3 Å². The average molecular weight is 246 g/mol. The van der Waals surface area contributed by atoms with Gasteiger partial charge < -0.3 is 5.32 Å². The van der Waals surface area contributed by atoms with Crippen LogP contribution in [0.15, 0.2) is 5.51 Å². The zero-order chi connectivity index (χ0) is 11.3. The summed E-state index contributed by atoms with van der Waals surface area (Å²) in [4.78, 5) is 5.54. The summed E-state index contributed by atoms with van der Waals surface area (Å²) in [7, 11) is -0.727. The van der Waals surface area contributed by atoms with E-state index in [0.717, 1.165) is 25.2 Å². The van der Waals surface area contributed by atoms with E-state index >= 15 is 0 Å². The lowest BCUT2D eigenvalue weighted by molar-refractivity contribution is 0.647. The van der Waals surface area contributed by atoms with Crippen LogP contribution in [-0.4, -0.2) is 33.8 Å². The number of aryl methyl sites for hydroxylation is 1. The van der Waals surface area contributed by atoms with Crippen molar-refractivity contribution in [1.82, 2.24) is 10.3 Å². The summed E-state index contributed by atoms with van der Waals surface area (Å²) in [5, 5.41) is 3.55. The van der Waals surface area contributed by atoms with Crippen LogP contribution in [0, 0.1) is 6.92 Å². The van der Waals surface area contributed by atoms with Crippen LogP contribution in [0.25, 0.3) is 0 Å². The predicted octanol–water partition coefficient (Wildman–Crippen LogP) is 1.35. The SMILES string of the molecule is Cc1ncsc1CCNCC(C)S(C)=O. The molecule has 0 aliphatic rings. The molecule has 1 heterocycles. The first-order chi connectivity index (χ1) is 7.11. The van der Waals surface area contributed by atoms with Gasteiger partial charge in [-0.3, -0.25) is 4.21 Å². The first-order valence-corrected chi connectivity index (χ1v) is 7.53. The molecule has 0 radical (unpaired) electrons. The van der Waals surface area contributed by atoms with Crippen LogP contribution in [0.1, 0.15) is 17.5 Å². The van der Waals surface area contributed by atoms with Crippen molar-refractivity contribution in [3.63, 3.8) is 0 Å². The van der Waals surface area contributed by atoms with Gasteiger partial charge in [0.1, 0.15) is 0 Å². The predicted molar refractivity (Wildman–Crippen MR) is 67.0 cm³/mol. The van der Waals surface area contributed by atoms with Gasteiger partial charge in [0.05, 0.1) is 11.2 Å². The van der Waals surface area contributed by atoms with E-state index in [1.165, 1.54) is 4.88 Å². The smallest absolute Gasteiger partial charge is 0.0797 e. The minimum atomic E-state index is -0.727. The zero-order valence-electron chi connectivity index (χ0n) is 9.45. The molecule has 3 nitrogen and oxygen atoms in total. The molecule has 0 amide bonds. The number of aromatic nitrogens is 1. The second-order valence-corrected chi connectivity index (χ2v) is 6.37. The first kappa shape index (κ1) is 12.8. The normalized spacial score (nSPS) is 15.1. The number of nitrogens with zero attached hydrogens (tertiary/aromatic N) is 1. The molecule has 0 bridgehead atoms. The van der Waals surface area contributed by atoms with Crippen LogP contribution in [0.5, 0.6) is 0 Å². The van der Waals surface area contributed by atoms with E-state index in [4.69, 9.17) is 0 Å². The molecule has 0 aromatic carbocycles. The Labute approximate surface area is 97.8 Å². The van der Waals surface area contributed by atoms with Gasteiger partial charge in [-0.25, -0.2) is 4.98 Å². The lowest BCUT2D eigenvalue weighted by atomic mass is 10.3. The van der Waals surface area contributed by atoms with E-state index in [2.05, 4.69) is 10.3 Å². The number of hydrogen-bond acceptors (Lipinski definition) is 4. The van der Waals surface area contributed by atoms with Gasteiger partial charge in [0.15, 0.2) is 0 Å². The van der Waals surface area contributed by atoms with E-state index in [1.807, 2.05) is 19.4 Å². The molecule has 2 unspecified atom stereocenters.